The third kappa shape index (κ3) is 5.68. The van der Waals surface area contributed by atoms with Crippen LogP contribution in [0.15, 0.2) is 59.5 Å². The molecule has 0 fully saturated rings. The number of sulfonamides is 1. The highest BCUT2D eigenvalue weighted by molar-refractivity contribution is 7.89. The van der Waals surface area contributed by atoms with Crippen LogP contribution in [-0.2, 0) is 21.4 Å². The first-order valence-corrected chi connectivity index (χ1v) is 10.3. The standard InChI is InChI=1S/C20H26N2O3S/c1-3-4-6-11-20(23)21-18-12-14-19(15-13-18)26(24,25)22(2)16-17-9-7-5-8-10-17/h5,7-10,12-15H,3-4,6,11,16H2,1-2H3,(H,21,23). The predicted octanol–water partition coefficient (Wildman–Crippen LogP) is 4.03. The highest BCUT2D eigenvalue weighted by Gasteiger charge is 2.20. The molecule has 0 spiro atoms. The first-order valence-electron chi connectivity index (χ1n) is 8.83. The molecule has 2 aromatic carbocycles. The largest absolute Gasteiger partial charge is 0.326 e. The molecule has 5 nitrogen and oxygen atoms in total. The number of rotatable bonds is 9. The Morgan fingerprint density at radius 2 is 1.65 bits per heavy atom. The fourth-order valence-electron chi connectivity index (χ4n) is 2.57. The van der Waals surface area contributed by atoms with Gasteiger partial charge in [-0.2, -0.15) is 4.31 Å². The van der Waals surface area contributed by atoms with Crippen molar-refractivity contribution in [3.05, 3.63) is 60.2 Å². The Morgan fingerprint density at radius 1 is 1.00 bits per heavy atom. The lowest BCUT2D eigenvalue weighted by Crippen LogP contribution is -2.26. The third-order valence-corrected chi connectivity index (χ3v) is 5.92. The Hall–Kier alpha value is -2.18. The van der Waals surface area contributed by atoms with Crippen LogP contribution in [0.3, 0.4) is 0 Å². The lowest BCUT2D eigenvalue weighted by molar-refractivity contribution is -0.116. The van der Waals surface area contributed by atoms with Gasteiger partial charge in [0.2, 0.25) is 15.9 Å². The van der Waals surface area contributed by atoms with Crippen molar-refractivity contribution in [2.24, 2.45) is 0 Å². The number of benzene rings is 2. The molecular formula is C20H26N2O3S. The van der Waals surface area contributed by atoms with Gasteiger partial charge in [-0.1, -0.05) is 50.1 Å². The van der Waals surface area contributed by atoms with E-state index in [2.05, 4.69) is 12.2 Å². The molecule has 0 unspecified atom stereocenters. The Labute approximate surface area is 156 Å². The van der Waals surface area contributed by atoms with Crippen molar-refractivity contribution in [2.45, 2.75) is 44.0 Å². The lowest BCUT2D eigenvalue weighted by atomic mass is 10.2. The van der Waals surface area contributed by atoms with E-state index in [1.807, 2.05) is 30.3 Å². The number of carbonyl (C=O) groups excluding carboxylic acids is 1. The molecule has 26 heavy (non-hydrogen) atoms. The lowest BCUT2D eigenvalue weighted by Gasteiger charge is -2.17. The SMILES string of the molecule is CCCCCC(=O)Nc1ccc(S(=O)(=O)N(C)Cc2ccccc2)cc1. The average Bonchev–Trinajstić information content (AvgIpc) is 2.63. The quantitative estimate of drug-likeness (QED) is 0.674. The molecule has 0 saturated carbocycles. The molecule has 0 aromatic heterocycles. The molecule has 140 valence electrons. The number of nitrogens with zero attached hydrogens (tertiary/aromatic N) is 1. The van der Waals surface area contributed by atoms with E-state index in [0.717, 1.165) is 24.8 Å². The summed E-state index contributed by atoms with van der Waals surface area (Å²) in [6, 6.07) is 15.8. The van der Waals surface area contributed by atoms with Crippen LogP contribution >= 0.6 is 0 Å². The van der Waals surface area contributed by atoms with Crippen LogP contribution in [0.5, 0.6) is 0 Å². The summed E-state index contributed by atoms with van der Waals surface area (Å²) in [5.74, 6) is -0.0461. The maximum atomic E-state index is 12.7. The normalized spacial score (nSPS) is 11.5. The summed E-state index contributed by atoms with van der Waals surface area (Å²) in [6.45, 7) is 2.39. The molecule has 0 aliphatic rings. The van der Waals surface area contributed by atoms with E-state index in [-0.39, 0.29) is 10.8 Å². The van der Waals surface area contributed by atoms with E-state index in [1.165, 1.54) is 16.4 Å². The van der Waals surface area contributed by atoms with Gasteiger partial charge in [0.25, 0.3) is 0 Å². The van der Waals surface area contributed by atoms with Gasteiger partial charge in [-0.15, -0.1) is 0 Å². The minimum Gasteiger partial charge on any atom is -0.326 e. The summed E-state index contributed by atoms with van der Waals surface area (Å²) >= 11 is 0. The zero-order valence-corrected chi connectivity index (χ0v) is 16.1. The fraction of sp³-hybridized carbons (Fsp3) is 0.350. The molecule has 1 amide bonds. The van der Waals surface area contributed by atoms with Crippen molar-refractivity contribution in [1.29, 1.82) is 0 Å². The topological polar surface area (TPSA) is 66.5 Å². The minimum absolute atomic E-state index is 0.0461. The number of carbonyl (C=O) groups is 1. The minimum atomic E-state index is -3.58. The summed E-state index contributed by atoms with van der Waals surface area (Å²) < 4.78 is 26.7. The van der Waals surface area contributed by atoms with Gasteiger partial charge in [0.1, 0.15) is 0 Å². The highest BCUT2D eigenvalue weighted by atomic mass is 32.2. The summed E-state index contributed by atoms with van der Waals surface area (Å²) in [5, 5.41) is 2.80. The van der Waals surface area contributed by atoms with Crippen molar-refractivity contribution in [3.8, 4) is 0 Å². The molecular weight excluding hydrogens is 348 g/mol. The molecule has 0 bridgehead atoms. The van der Waals surface area contributed by atoms with Crippen LogP contribution < -0.4 is 5.32 Å². The van der Waals surface area contributed by atoms with Crippen LogP contribution in [0.4, 0.5) is 5.69 Å². The average molecular weight is 375 g/mol. The van der Waals surface area contributed by atoms with Gasteiger partial charge in [0.05, 0.1) is 4.90 Å². The van der Waals surface area contributed by atoms with E-state index in [9.17, 15) is 13.2 Å². The van der Waals surface area contributed by atoms with E-state index < -0.39 is 10.0 Å². The second-order valence-corrected chi connectivity index (χ2v) is 8.32. The maximum absolute atomic E-state index is 12.7. The van der Waals surface area contributed by atoms with Crippen LogP contribution in [-0.4, -0.2) is 25.7 Å². The first-order chi connectivity index (χ1) is 12.4. The van der Waals surface area contributed by atoms with Crippen molar-refractivity contribution in [3.63, 3.8) is 0 Å². The number of unbranched alkanes of at least 4 members (excludes halogenated alkanes) is 2. The van der Waals surface area contributed by atoms with E-state index in [4.69, 9.17) is 0 Å². The van der Waals surface area contributed by atoms with Crippen molar-refractivity contribution >= 4 is 21.6 Å². The van der Waals surface area contributed by atoms with Gasteiger partial charge < -0.3 is 5.32 Å². The van der Waals surface area contributed by atoms with Gasteiger partial charge in [-0.25, -0.2) is 8.42 Å². The molecule has 1 N–H and O–H groups in total. The van der Waals surface area contributed by atoms with Gasteiger partial charge in [-0.3, -0.25) is 4.79 Å². The molecule has 0 saturated heterocycles. The van der Waals surface area contributed by atoms with E-state index >= 15 is 0 Å². The van der Waals surface area contributed by atoms with Gasteiger partial charge in [-0.05, 0) is 36.2 Å². The number of hydrogen-bond acceptors (Lipinski definition) is 3. The van der Waals surface area contributed by atoms with Gasteiger partial charge in [0, 0.05) is 25.7 Å². The first kappa shape index (κ1) is 20.1. The molecule has 0 aliphatic heterocycles. The van der Waals surface area contributed by atoms with Crippen LogP contribution in [0, 0.1) is 0 Å². The maximum Gasteiger partial charge on any atom is 0.243 e. The molecule has 0 radical (unpaired) electrons. The molecule has 0 atom stereocenters. The number of hydrogen-bond donors (Lipinski definition) is 1. The van der Waals surface area contributed by atoms with Crippen molar-refractivity contribution in [1.82, 2.24) is 4.31 Å². The van der Waals surface area contributed by atoms with Crippen molar-refractivity contribution in [2.75, 3.05) is 12.4 Å². The second-order valence-electron chi connectivity index (χ2n) is 6.28. The summed E-state index contributed by atoms with van der Waals surface area (Å²) in [6.07, 6.45) is 3.43. The van der Waals surface area contributed by atoms with Crippen LogP contribution in [0.1, 0.15) is 38.2 Å². The molecule has 6 heteroatoms. The molecule has 2 rings (SSSR count). The Balaban J connectivity index is 2.00. The number of amides is 1. The Kier molecular flexibility index (Phi) is 7.36. The fourth-order valence-corrected chi connectivity index (χ4v) is 3.73. The third-order valence-electron chi connectivity index (χ3n) is 4.10. The summed E-state index contributed by atoms with van der Waals surface area (Å²) in [7, 11) is -2.02. The van der Waals surface area contributed by atoms with Gasteiger partial charge >= 0.3 is 0 Å². The smallest absolute Gasteiger partial charge is 0.243 e. The summed E-state index contributed by atoms with van der Waals surface area (Å²) in [5.41, 5.74) is 1.53. The van der Waals surface area contributed by atoms with E-state index in [1.54, 1.807) is 19.2 Å². The molecule has 0 heterocycles. The number of anilines is 1. The number of nitrogens with one attached hydrogen (secondary N) is 1. The zero-order valence-electron chi connectivity index (χ0n) is 15.3. The zero-order chi connectivity index (χ0) is 19.0. The van der Waals surface area contributed by atoms with Gasteiger partial charge in [0.15, 0.2) is 0 Å². The molecule has 2 aromatic rings. The highest BCUT2D eigenvalue weighted by Crippen LogP contribution is 2.19. The van der Waals surface area contributed by atoms with Crippen molar-refractivity contribution < 1.29 is 13.2 Å². The predicted molar refractivity (Wildman–Crippen MR) is 104 cm³/mol. The monoisotopic (exact) mass is 374 g/mol. The molecule has 0 aliphatic carbocycles. The van der Waals surface area contributed by atoms with E-state index in [0.29, 0.717) is 18.7 Å². The van der Waals surface area contributed by atoms with Crippen LogP contribution in [0.2, 0.25) is 0 Å². The Bertz CT molecular complexity index is 803. The van der Waals surface area contributed by atoms with Crippen LogP contribution in [0.25, 0.3) is 0 Å². The Morgan fingerprint density at radius 3 is 2.27 bits per heavy atom. The summed E-state index contributed by atoms with van der Waals surface area (Å²) in [4.78, 5) is 12.1. The second kappa shape index (κ2) is 9.50.